The van der Waals surface area contributed by atoms with Crippen molar-refractivity contribution in [3.63, 3.8) is 0 Å². The van der Waals surface area contributed by atoms with Crippen molar-refractivity contribution in [1.82, 2.24) is 0 Å². The Morgan fingerprint density at radius 1 is 0.351 bits per heavy atom. The van der Waals surface area contributed by atoms with Crippen molar-refractivity contribution in [3.05, 3.63) is 177 Å². The van der Waals surface area contributed by atoms with Crippen LogP contribution in [0.5, 0.6) is 5.75 Å². The van der Waals surface area contributed by atoms with Crippen molar-refractivity contribution in [3.8, 4) is 5.75 Å². The molecule has 7 aromatic rings. The number of phenolic OH excluding ortho intramolecular Hbond substituents is 1. The van der Waals surface area contributed by atoms with Gasteiger partial charge >= 0.3 is 49.4 Å². The lowest BCUT2D eigenvalue weighted by atomic mass is 9.12. The fourth-order valence-electron chi connectivity index (χ4n) is 7.98. The van der Waals surface area contributed by atoms with E-state index in [2.05, 4.69) is 22.2 Å². The molecule has 0 unspecified atom stereocenters. The van der Waals surface area contributed by atoms with Crippen molar-refractivity contribution < 1.29 is 115 Å². The Hall–Kier alpha value is -6.61. The van der Waals surface area contributed by atoms with E-state index < -0.39 is 195 Å². The van der Waals surface area contributed by atoms with Crippen LogP contribution >= 0.6 is 11.3 Å². The number of nitrogens with zero attached hydrogens (tertiary/aromatic N) is 1. The standard InChI is InChI=1S/C32H12BF24.C14H11NOS/c34-25(35,36)13-1-14(26(37,38)39)6-21(5-13)33(22-7-15(27(40,41)42)2-16(8-22)28(43,44)45,23-9-17(29(46,47)48)3-18(10-23)30(49,50)51)24-11-19(31(52,53)54)4-20(12-24)32(55,56)57;16-12-6-7-14-13(8-12)15(10-17-14)9-11-4-2-1-3-5-11/h1-12H;1-8,10H,9H2/q-1;/p+1. The lowest BCUT2D eigenvalue weighted by molar-refractivity contribution is -0.658. The van der Waals surface area contributed by atoms with E-state index in [1.165, 1.54) is 10.3 Å². The third kappa shape index (κ3) is 12.5. The van der Waals surface area contributed by atoms with Crippen molar-refractivity contribution in [2.75, 3.05) is 0 Å². The van der Waals surface area contributed by atoms with Gasteiger partial charge in [0.15, 0.2) is 6.54 Å². The van der Waals surface area contributed by atoms with Crippen LogP contribution < -0.4 is 26.4 Å². The number of alkyl halides is 24. The molecule has 0 saturated carbocycles. The maximum Gasteiger partial charge on any atom is 0.416 e. The summed E-state index contributed by atoms with van der Waals surface area (Å²) >= 11 is 1.69. The average Bonchev–Trinajstić information content (AvgIpc) is 3.65. The number of aromatic nitrogens is 1. The number of halogens is 24. The van der Waals surface area contributed by atoms with Crippen molar-refractivity contribution in [1.29, 1.82) is 0 Å². The summed E-state index contributed by atoms with van der Waals surface area (Å²) in [6.07, 6.45) is -54.8. The molecule has 0 fully saturated rings. The second kappa shape index (κ2) is 19.3. The van der Waals surface area contributed by atoms with E-state index >= 15 is 0 Å². The van der Waals surface area contributed by atoms with Crippen LogP contribution in [0.4, 0.5) is 105 Å². The lowest BCUT2D eigenvalue weighted by Gasteiger charge is -2.46. The van der Waals surface area contributed by atoms with Crippen LogP contribution in [0.1, 0.15) is 50.1 Å². The zero-order chi connectivity index (χ0) is 55.6. The Balaban J connectivity index is 0.000000436. The monoisotopic (exact) mass is 1110 g/mol. The minimum atomic E-state index is -6.13. The molecule has 1 heterocycles. The topological polar surface area (TPSA) is 24.1 Å². The Bertz CT molecular complexity index is 2720. The number of phenols is 1. The maximum atomic E-state index is 14.2. The summed E-state index contributed by atoms with van der Waals surface area (Å²) in [7, 11) is 0. The second-order valence-corrected chi connectivity index (χ2v) is 17.1. The highest BCUT2D eigenvalue weighted by molar-refractivity contribution is 7.20. The molecule has 396 valence electrons. The predicted octanol–water partition coefficient (Wildman–Crippen LogP) is 14.2. The van der Waals surface area contributed by atoms with E-state index in [0.717, 1.165) is 12.1 Å². The van der Waals surface area contributed by atoms with Gasteiger partial charge in [0.1, 0.15) is 16.6 Å². The smallest absolute Gasteiger partial charge is 0.416 e. The molecule has 74 heavy (non-hydrogen) atoms. The molecule has 1 N–H and O–H groups in total. The average molecular weight is 1110 g/mol. The van der Waals surface area contributed by atoms with Gasteiger partial charge in [0, 0.05) is 5.56 Å². The van der Waals surface area contributed by atoms with Gasteiger partial charge in [0.2, 0.25) is 11.0 Å². The van der Waals surface area contributed by atoms with Gasteiger partial charge in [-0.05, 0) is 36.4 Å². The highest BCUT2D eigenvalue weighted by Gasteiger charge is 2.47. The molecule has 0 amide bonds. The number of benzene rings is 6. The van der Waals surface area contributed by atoms with E-state index in [1.54, 1.807) is 17.4 Å². The first-order valence-corrected chi connectivity index (χ1v) is 21.0. The molecule has 0 atom stereocenters. The minimum absolute atomic E-state index is 0.317. The first kappa shape index (κ1) is 56.7. The van der Waals surface area contributed by atoms with E-state index in [1.807, 2.05) is 30.3 Å². The molecule has 0 saturated heterocycles. The maximum absolute atomic E-state index is 14.2. The molecule has 0 aliphatic rings. The van der Waals surface area contributed by atoms with Crippen molar-refractivity contribution >= 4 is 49.6 Å². The van der Waals surface area contributed by atoms with Gasteiger partial charge in [0.05, 0.1) is 50.6 Å². The summed E-state index contributed by atoms with van der Waals surface area (Å²) in [6.45, 7) is 0.838. The molecule has 0 radical (unpaired) electrons. The molecular formula is C46H24BF24NOS. The Kier molecular flexibility index (Phi) is 14.8. The van der Waals surface area contributed by atoms with Crippen molar-refractivity contribution in [2.45, 2.75) is 56.0 Å². The van der Waals surface area contributed by atoms with E-state index in [-0.39, 0.29) is 0 Å². The number of aromatic hydroxyl groups is 1. The summed E-state index contributed by atoms with van der Waals surface area (Å²) < 4.78 is 344. The SMILES string of the molecule is FC(F)(F)c1cc([B-](c2cc(C(F)(F)F)cc(C(F)(F)F)c2)(c2cc(C(F)(F)F)cc(C(F)(F)F)c2)c2cc(C(F)(F)F)cc(C(F)(F)F)c2)cc(C(F)(F)F)c1.Oc1ccc2sc[n+](Cc3ccccc3)c2c1. The van der Waals surface area contributed by atoms with Gasteiger partial charge < -0.3 is 5.11 Å². The normalized spacial score (nSPS) is 13.5. The summed E-state index contributed by atoms with van der Waals surface area (Å²) in [5, 5.41) is 9.53. The molecule has 28 heteroatoms. The van der Waals surface area contributed by atoms with Crippen LogP contribution in [0.3, 0.4) is 0 Å². The zero-order valence-corrected chi connectivity index (χ0v) is 36.6. The summed E-state index contributed by atoms with van der Waals surface area (Å²) in [5.74, 6) is 0.317. The van der Waals surface area contributed by atoms with Gasteiger partial charge in [-0.3, -0.25) is 0 Å². The molecule has 6 aromatic carbocycles. The molecule has 1 aromatic heterocycles. The number of hydrogen-bond acceptors (Lipinski definition) is 2. The first-order valence-electron chi connectivity index (χ1n) is 20.1. The fraction of sp³-hybridized carbons (Fsp3) is 0.196. The van der Waals surface area contributed by atoms with Gasteiger partial charge in [-0.2, -0.15) is 132 Å². The summed E-state index contributed by atoms with van der Waals surface area (Å²) in [6, 6.07) is 7.01. The molecule has 0 bridgehead atoms. The van der Waals surface area contributed by atoms with Crippen LogP contribution in [0.25, 0.3) is 10.2 Å². The van der Waals surface area contributed by atoms with E-state index in [9.17, 15) is 110 Å². The van der Waals surface area contributed by atoms with E-state index in [4.69, 9.17) is 0 Å². The molecular weight excluding hydrogens is 1080 g/mol. The Labute approximate surface area is 402 Å². The molecule has 0 aliphatic carbocycles. The van der Waals surface area contributed by atoms with Gasteiger partial charge in [0.25, 0.3) is 0 Å². The summed E-state index contributed by atoms with van der Waals surface area (Å²) in [4.78, 5) is 0. The number of hydrogen-bond donors (Lipinski definition) is 1. The molecule has 0 aliphatic heterocycles. The van der Waals surface area contributed by atoms with Gasteiger partial charge in [-0.1, -0.05) is 90.2 Å². The van der Waals surface area contributed by atoms with Gasteiger partial charge in [-0.15, -0.1) is 0 Å². The minimum Gasteiger partial charge on any atom is -0.508 e. The zero-order valence-electron chi connectivity index (χ0n) is 35.8. The third-order valence-corrected chi connectivity index (χ3v) is 12.2. The van der Waals surface area contributed by atoms with Crippen LogP contribution in [-0.2, 0) is 56.0 Å². The summed E-state index contributed by atoms with van der Waals surface area (Å²) in [5.41, 5.74) is -25.8. The van der Waals surface area contributed by atoms with E-state index in [0.29, 0.717) is 5.75 Å². The number of thiazole rings is 1. The fourth-order valence-corrected chi connectivity index (χ4v) is 8.85. The quantitative estimate of drug-likeness (QED) is 0.100. The largest absolute Gasteiger partial charge is 0.508 e. The Morgan fingerprint density at radius 2 is 0.622 bits per heavy atom. The molecule has 2 nitrogen and oxygen atoms in total. The van der Waals surface area contributed by atoms with Crippen molar-refractivity contribution in [2.24, 2.45) is 0 Å². The van der Waals surface area contributed by atoms with Gasteiger partial charge in [-0.25, -0.2) is 0 Å². The second-order valence-electron chi connectivity index (χ2n) is 16.2. The third-order valence-electron chi connectivity index (χ3n) is 11.2. The lowest BCUT2D eigenvalue weighted by Crippen LogP contribution is -2.75. The highest BCUT2D eigenvalue weighted by atomic mass is 32.1. The van der Waals surface area contributed by atoms with Crippen LogP contribution in [-0.4, -0.2) is 11.3 Å². The Morgan fingerprint density at radius 3 is 0.878 bits per heavy atom. The van der Waals surface area contributed by atoms with Crippen LogP contribution in [0.15, 0.2) is 127 Å². The van der Waals surface area contributed by atoms with Crippen LogP contribution in [0.2, 0.25) is 0 Å². The number of fused-ring (bicyclic) bond motifs is 1. The first-order chi connectivity index (χ1) is 33.6. The molecule has 7 rings (SSSR count). The number of rotatable bonds is 6. The highest BCUT2D eigenvalue weighted by Crippen LogP contribution is 2.41. The molecule has 0 spiro atoms. The van der Waals surface area contributed by atoms with Crippen LogP contribution in [0, 0.1) is 0 Å². The predicted molar refractivity (Wildman–Crippen MR) is 219 cm³/mol.